The van der Waals surface area contributed by atoms with Crippen LogP contribution in [0.25, 0.3) is 111 Å². The molecule has 7 nitrogen and oxygen atoms in total. The molecule has 722 valence electrons. The van der Waals surface area contributed by atoms with Crippen molar-refractivity contribution in [1.82, 2.24) is 9.13 Å². The Kier molecular flexibility index (Phi) is 20.9. The molecule has 0 radical (unpaired) electrons. The van der Waals surface area contributed by atoms with Crippen LogP contribution in [0.5, 0.6) is 0 Å². The van der Waals surface area contributed by atoms with Gasteiger partial charge in [0, 0.05) is 85.2 Å². The van der Waals surface area contributed by atoms with E-state index in [4.69, 9.17) is 0 Å². The highest BCUT2D eigenvalue weighted by Gasteiger charge is 2.51. The van der Waals surface area contributed by atoms with E-state index in [0.29, 0.717) is 5.46 Å². The predicted octanol–water partition coefficient (Wildman–Crippen LogP) is 36.0. The lowest BCUT2D eigenvalue weighted by molar-refractivity contribution is 0.425. The number of anilines is 9. The summed E-state index contributed by atoms with van der Waals surface area (Å²) in [5.74, 6) is 0. The molecule has 2 aromatic heterocycles. The van der Waals surface area contributed by atoms with E-state index in [-0.39, 0.29) is 43.3 Å². The molecule has 0 saturated carbocycles. The first kappa shape index (κ1) is 92.9. The zero-order valence-electron chi connectivity index (χ0n) is 86.6. The van der Waals surface area contributed by atoms with Gasteiger partial charge >= 0.3 is 7.12 Å². The average molecular weight is 2050 g/mol. The second kappa shape index (κ2) is 33.3. The molecule has 0 unspecified atom stereocenters. The summed E-state index contributed by atoms with van der Waals surface area (Å²) >= 11 is 7.40. The van der Waals surface area contributed by atoms with E-state index >= 15 is 0 Å². The molecular weight excluding hydrogens is 1930 g/mol. The molecule has 8 aliphatic rings. The van der Waals surface area contributed by atoms with E-state index < -0.39 is 7.12 Å². The van der Waals surface area contributed by atoms with Crippen LogP contribution in [-0.4, -0.2) is 26.3 Å². The minimum Gasteiger partial charge on any atom is -0.423 e. The standard InChI is InChI=1S/C57H46N2.C33H24BrN.C24H24BNO2.C24H22BrN/c1-55(2)44-18-11-10-17-40(44)41-33-43-42-31-37(25-29-50(42)58(53(43)34-48(41)55)39-27-23-36(24-28-39)35-15-8-7-9-16-35)38-26-30-52-49(32-38)57(5,6)47-21-14-20-46-54(47)59(52)51-22-13-12-19-45(51)56(46,3)4;1-33(2)29-11-7-6-10-25(29)26-19-28-27-18-23(34)14-17-31(27)35(32(28)20-30(26)33)24-15-12-22(13-16-24)21-8-4-3-5-9-21;1-23(2)16-8-5-6-11-20(16)26-21-13-12-15(25(27)28)14-19(21)24(3,4)18-10-7-9-17(23)22(18)26;1-23(2)16-8-5-6-11-20(16)26-21-13-12-15(25)14-19(21)24(3,4)18-10-7-9-17(23)22(18)26/h7-34H,1-6H3;3-20H,1-2H3;5-14,27-28H,1-4H3;5-14H,1-4H3. The van der Waals surface area contributed by atoms with Gasteiger partial charge in [-0.25, -0.2) is 0 Å². The first-order valence-electron chi connectivity index (χ1n) is 52.1. The lowest BCUT2D eigenvalue weighted by atomic mass is 9.65. The number of aromatic nitrogens is 2. The molecule has 0 spiro atoms. The molecule has 148 heavy (non-hydrogen) atoms. The summed E-state index contributed by atoms with van der Waals surface area (Å²) in [5.41, 5.74) is 53.0. The molecule has 19 aromatic carbocycles. The zero-order valence-corrected chi connectivity index (χ0v) is 89.7. The molecule has 0 saturated heterocycles. The van der Waals surface area contributed by atoms with Crippen LogP contribution in [0, 0.1) is 0 Å². The van der Waals surface area contributed by atoms with Crippen molar-refractivity contribution in [1.29, 1.82) is 0 Å². The quantitative estimate of drug-likeness (QED) is 0.163. The lowest BCUT2D eigenvalue weighted by Gasteiger charge is -2.49. The van der Waals surface area contributed by atoms with Crippen molar-refractivity contribution in [2.75, 3.05) is 14.7 Å². The molecular formula is C138H116BBr2N5O2. The van der Waals surface area contributed by atoms with Gasteiger partial charge in [0.15, 0.2) is 0 Å². The SMILES string of the molecule is CC1(C)c2ccccc2-c2cc3c4cc(-c5ccc6c(c5)C(C)(C)c5cccc7c5N6c5ccccc5C7(C)C)ccc4n(-c4ccc(-c5ccccc5)cc4)c3cc21.CC1(C)c2ccccc2-c2cc3c4cc(Br)ccc4n(-c4ccc(-c5ccccc5)cc4)c3cc21.CC1(C)c2ccccc2N2c3ccc(B(O)O)cc3C(C)(C)c3cccc1c32.CC1(C)c2ccccc2N2c3ccc(Br)cc3C(C)(C)c3cccc1c32. The number of halogens is 2. The van der Waals surface area contributed by atoms with Crippen LogP contribution in [0.4, 0.5) is 51.2 Å². The molecule has 29 rings (SSSR count). The Labute approximate surface area is 885 Å². The number of nitrogens with zero attached hydrogens (tertiary/aromatic N) is 5. The smallest absolute Gasteiger partial charge is 0.423 e. The van der Waals surface area contributed by atoms with Crippen molar-refractivity contribution in [3.8, 4) is 67.0 Å². The van der Waals surface area contributed by atoms with Crippen molar-refractivity contribution in [3.63, 3.8) is 0 Å². The van der Waals surface area contributed by atoms with E-state index in [2.05, 4.69) is 549 Å². The van der Waals surface area contributed by atoms with Crippen molar-refractivity contribution >= 4 is 139 Å². The third-order valence-electron chi connectivity index (χ3n) is 35.0. The van der Waals surface area contributed by atoms with Gasteiger partial charge in [-0.2, -0.15) is 0 Å². The van der Waals surface area contributed by atoms with Gasteiger partial charge < -0.3 is 33.9 Å². The van der Waals surface area contributed by atoms with E-state index in [1.807, 2.05) is 18.2 Å². The number of rotatable bonds is 6. The van der Waals surface area contributed by atoms with E-state index in [1.54, 1.807) is 0 Å². The highest BCUT2D eigenvalue weighted by molar-refractivity contribution is 9.10. The molecule has 6 aliphatic heterocycles. The van der Waals surface area contributed by atoms with Crippen molar-refractivity contribution < 1.29 is 10.0 Å². The van der Waals surface area contributed by atoms with Crippen molar-refractivity contribution in [3.05, 3.63) is 498 Å². The summed E-state index contributed by atoms with van der Waals surface area (Å²) in [6.45, 7) is 37.5. The van der Waals surface area contributed by atoms with Gasteiger partial charge in [-0.15, -0.1) is 0 Å². The second-order valence-electron chi connectivity index (χ2n) is 46.0. The van der Waals surface area contributed by atoms with Crippen molar-refractivity contribution in [2.24, 2.45) is 0 Å². The molecule has 2 aliphatic carbocycles. The Morgan fingerprint density at radius 2 is 0.466 bits per heavy atom. The summed E-state index contributed by atoms with van der Waals surface area (Å²) in [5, 5.41) is 24.6. The van der Waals surface area contributed by atoms with Gasteiger partial charge in [0.25, 0.3) is 0 Å². The largest absolute Gasteiger partial charge is 0.488 e. The summed E-state index contributed by atoms with van der Waals surface area (Å²) in [4.78, 5) is 7.40. The molecule has 0 bridgehead atoms. The fraction of sp³-hybridized carbons (Fsp3) is 0.174. The number of benzene rings is 19. The van der Waals surface area contributed by atoms with Gasteiger partial charge in [-0.3, -0.25) is 0 Å². The first-order valence-corrected chi connectivity index (χ1v) is 53.7. The van der Waals surface area contributed by atoms with E-state index in [1.165, 1.54) is 240 Å². The maximum Gasteiger partial charge on any atom is 0.488 e. The Balaban J connectivity index is 0.000000106. The Hall–Kier alpha value is -14.9. The van der Waals surface area contributed by atoms with Crippen LogP contribution < -0.4 is 20.2 Å². The Bertz CT molecular complexity index is 9160. The van der Waals surface area contributed by atoms with Crippen LogP contribution in [0.2, 0.25) is 0 Å². The fourth-order valence-corrected chi connectivity index (χ4v) is 27.7. The molecule has 21 aromatic rings. The van der Waals surface area contributed by atoms with Crippen LogP contribution in [-0.2, 0) is 43.3 Å². The molecule has 10 heteroatoms. The first-order chi connectivity index (χ1) is 71.1. The van der Waals surface area contributed by atoms with Crippen LogP contribution in [0.3, 0.4) is 0 Å². The molecule has 0 atom stereocenters. The summed E-state index contributed by atoms with van der Waals surface area (Å²) in [6, 6.07) is 147. The van der Waals surface area contributed by atoms with E-state index in [0.717, 1.165) is 20.2 Å². The third-order valence-corrected chi connectivity index (χ3v) is 36.0. The highest BCUT2D eigenvalue weighted by atomic mass is 79.9. The maximum atomic E-state index is 9.74. The van der Waals surface area contributed by atoms with Crippen LogP contribution >= 0.6 is 31.9 Å². The lowest BCUT2D eigenvalue weighted by Crippen LogP contribution is -2.39. The fourth-order valence-electron chi connectivity index (χ4n) is 27.0. The highest BCUT2D eigenvalue weighted by Crippen LogP contribution is 2.66. The van der Waals surface area contributed by atoms with Crippen LogP contribution in [0.1, 0.15) is 200 Å². The Morgan fingerprint density at radius 1 is 0.189 bits per heavy atom. The zero-order chi connectivity index (χ0) is 102. The molecule has 8 heterocycles. The number of para-hydroxylation sites is 6. The number of hydrogen-bond acceptors (Lipinski definition) is 5. The topological polar surface area (TPSA) is 60.0 Å². The summed E-state index contributed by atoms with van der Waals surface area (Å²) in [6.07, 6.45) is 0. The van der Waals surface area contributed by atoms with Crippen LogP contribution in [0.15, 0.2) is 409 Å². The summed E-state index contributed by atoms with van der Waals surface area (Å²) in [7, 11) is -1.47. The van der Waals surface area contributed by atoms with Gasteiger partial charge in [0.1, 0.15) is 0 Å². The predicted molar refractivity (Wildman–Crippen MR) is 628 cm³/mol. The van der Waals surface area contributed by atoms with Crippen molar-refractivity contribution in [2.45, 2.75) is 154 Å². The van der Waals surface area contributed by atoms with Gasteiger partial charge in [-0.05, 0) is 284 Å². The summed E-state index contributed by atoms with van der Waals surface area (Å²) < 4.78 is 7.15. The minimum atomic E-state index is -1.47. The third kappa shape index (κ3) is 13.7. The van der Waals surface area contributed by atoms with Gasteiger partial charge in [-0.1, -0.05) is 410 Å². The number of fused-ring (bicyclic) bond motifs is 24. The maximum absolute atomic E-state index is 9.74. The molecule has 0 fully saturated rings. The average Bonchev–Trinajstić information content (AvgIpc) is 1.17. The Morgan fingerprint density at radius 3 is 0.878 bits per heavy atom. The second-order valence-corrected chi connectivity index (χ2v) is 47.8. The normalized spacial score (nSPS) is 16.1. The monoisotopic (exact) mass is 2040 g/mol. The molecule has 0 amide bonds. The van der Waals surface area contributed by atoms with Gasteiger partial charge in [0.2, 0.25) is 0 Å². The van der Waals surface area contributed by atoms with Gasteiger partial charge in [0.05, 0.1) is 73.3 Å². The number of hydrogen-bond donors (Lipinski definition) is 2. The minimum absolute atomic E-state index is 0.0125. The van der Waals surface area contributed by atoms with E-state index in [9.17, 15) is 10.0 Å². The molecule has 2 N–H and O–H groups in total.